The van der Waals surface area contributed by atoms with E-state index < -0.39 is 11.9 Å². The lowest BCUT2D eigenvalue weighted by Gasteiger charge is -2.13. The number of aliphatic hydroxyl groups excluding tert-OH is 1. The van der Waals surface area contributed by atoms with Crippen molar-refractivity contribution in [2.75, 3.05) is 13.2 Å². The van der Waals surface area contributed by atoms with Crippen LogP contribution < -0.4 is 4.74 Å². The van der Waals surface area contributed by atoms with Gasteiger partial charge in [0.15, 0.2) is 0 Å². The fourth-order valence-corrected chi connectivity index (χ4v) is 1.43. The molecule has 1 atom stereocenters. The van der Waals surface area contributed by atoms with E-state index in [1.807, 2.05) is 13.8 Å². The van der Waals surface area contributed by atoms with Gasteiger partial charge in [-0.2, -0.15) is 0 Å². The van der Waals surface area contributed by atoms with Crippen LogP contribution in [0.4, 0.5) is 0 Å². The molecule has 6 nitrogen and oxygen atoms in total. The predicted molar refractivity (Wildman–Crippen MR) is 58.8 cm³/mol. The summed E-state index contributed by atoms with van der Waals surface area (Å²) in [7, 11) is 0. The Kier molecular flexibility index (Phi) is 4.96. The molecular formula is C11H17NO5. The minimum atomic E-state index is -0.853. The molecule has 0 aliphatic rings. The molecule has 1 rings (SSSR count). The molecule has 0 radical (unpaired) electrons. The SMILES string of the molecule is CC(C)C(Cc1cc(OCCO)no1)C(=O)O. The van der Waals surface area contributed by atoms with Crippen LogP contribution >= 0.6 is 0 Å². The minimum absolute atomic E-state index is 0.0133. The first-order valence-electron chi connectivity index (χ1n) is 5.46. The molecule has 0 bridgehead atoms. The number of ether oxygens (including phenoxy) is 1. The number of aliphatic hydroxyl groups is 1. The Bertz CT molecular complexity index is 360. The van der Waals surface area contributed by atoms with Crippen LogP contribution in [-0.4, -0.2) is 34.6 Å². The van der Waals surface area contributed by atoms with Crippen molar-refractivity contribution in [3.8, 4) is 5.88 Å². The van der Waals surface area contributed by atoms with Crippen molar-refractivity contribution < 1.29 is 24.3 Å². The highest BCUT2D eigenvalue weighted by molar-refractivity contribution is 5.70. The van der Waals surface area contributed by atoms with E-state index in [0.29, 0.717) is 5.76 Å². The number of hydrogen-bond donors (Lipinski definition) is 2. The Morgan fingerprint density at radius 1 is 1.59 bits per heavy atom. The molecule has 2 N–H and O–H groups in total. The number of carboxylic acids is 1. The zero-order valence-corrected chi connectivity index (χ0v) is 9.92. The molecule has 6 heteroatoms. The highest BCUT2D eigenvalue weighted by atomic mass is 16.5. The van der Waals surface area contributed by atoms with Gasteiger partial charge in [0.1, 0.15) is 12.4 Å². The lowest BCUT2D eigenvalue weighted by molar-refractivity contribution is -0.143. The molecule has 1 unspecified atom stereocenters. The summed E-state index contributed by atoms with van der Waals surface area (Å²) in [4.78, 5) is 11.0. The third-order valence-corrected chi connectivity index (χ3v) is 2.42. The first-order chi connectivity index (χ1) is 8.04. The van der Waals surface area contributed by atoms with Crippen LogP contribution in [0.3, 0.4) is 0 Å². The van der Waals surface area contributed by atoms with Gasteiger partial charge in [-0.15, -0.1) is 0 Å². The highest BCUT2D eigenvalue weighted by Crippen LogP contribution is 2.20. The van der Waals surface area contributed by atoms with Crippen molar-refractivity contribution in [1.82, 2.24) is 5.16 Å². The number of aliphatic carboxylic acids is 1. The van der Waals surface area contributed by atoms with E-state index in [1.165, 1.54) is 0 Å². The molecule has 17 heavy (non-hydrogen) atoms. The van der Waals surface area contributed by atoms with Crippen LogP contribution in [-0.2, 0) is 11.2 Å². The summed E-state index contributed by atoms with van der Waals surface area (Å²) >= 11 is 0. The molecule has 0 aromatic carbocycles. The smallest absolute Gasteiger partial charge is 0.307 e. The maximum absolute atomic E-state index is 11.0. The molecule has 1 aromatic heterocycles. The van der Waals surface area contributed by atoms with Crippen LogP contribution in [0.1, 0.15) is 19.6 Å². The Morgan fingerprint density at radius 3 is 2.82 bits per heavy atom. The average Bonchev–Trinajstić information content (AvgIpc) is 2.70. The second kappa shape index (κ2) is 6.24. The average molecular weight is 243 g/mol. The second-order valence-corrected chi connectivity index (χ2v) is 4.10. The first-order valence-corrected chi connectivity index (χ1v) is 5.46. The summed E-state index contributed by atoms with van der Waals surface area (Å²) in [6.45, 7) is 3.72. The first kappa shape index (κ1) is 13.5. The zero-order valence-electron chi connectivity index (χ0n) is 9.92. The van der Waals surface area contributed by atoms with Gasteiger partial charge >= 0.3 is 5.97 Å². The van der Waals surface area contributed by atoms with Gasteiger partial charge in [0.05, 0.1) is 12.5 Å². The maximum atomic E-state index is 11.0. The van der Waals surface area contributed by atoms with Crippen molar-refractivity contribution in [3.05, 3.63) is 11.8 Å². The molecule has 0 saturated carbocycles. The number of carboxylic acid groups (broad SMARTS) is 1. The van der Waals surface area contributed by atoms with Crippen LogP contribution in [0.5, 0.6) is 5.88 Å². The number of hydrogen-bond acceptors (Lipinski definition) is 5. The molecule has 1 heterocycles. The summed E-state index contributed by atoms with van der Waals surface area (Å²) in [5, 5.41) is 21.2. The quantitative estimate of drug-likeness (QED) is 0.740. The fraction of sp³-hybridized carbons (Fsp3) is 0.636. The van der Waals surface area contributed by atoms with E-state index in [4.69, 9.17) is 19.5 Å². The highest BCUT2D eigenvalue weighted by Gasteiger charge is 2.23. The van der Waals surface area contributed by atoms with Crippen LogP contribution in [0, 0.1) is 11.8 Å². The van der Waals surface area contributed by atoms with Gasteiger partial charge in [0, 0.05) is 12.5 Å². The van der Waals surface area contributed by atoms with Crippen molar-refractivity contribution in [2.45, 2.75) is 20.3 Å². The number of nitrogens with zero attached hydrogens (tertiary/aromatic N) is 1. The molecule has 0 aliphatic heterocycles. The van der Waals surface area contributed by atoms with E-state index in [0.717, 1.165) is 0 Å². The van der Waals surface area contributed by atoms with E-state index >= 15 is 0 Å². The summed E-state index contributed by atoms with van der Waals surface area (Å²) in [6.07, 6.45) is 0.280. The van der Waals surface area contributed by atoms with Gasteiger partial charge in [-0.05, 0) is 11.1 Å². The lowest BCUT2D eigenvalue weighted by Crippen LogP contribution is -2.21. The van der Waals surface area contributed by atoms with Crippen molar-refractivity contribution in [2.24, 2.45) is 11.8 Å². The van der Waals surface area contributed by atoms with Gasteiger partial charge in [-0.3, -0.25) is 4.79 Å². The molecule has 0 saturated heterocycles. The van der Waals surface area contributed by atoms with Gasteiger partial charge in [0.2, 0.25) is 0 Å². The lowest BCUT2D eigenvalue weighted by atomic mass is 9.92. The summed E-state index contributed by atoms with van der Waals surface area (Å²) in [5.41, 5.74) is 0. The van der Waals surface area contributed by atoms with E-state index in [9.17, 15) is 4.79 Å². The normalized spacial score (nSPS) is 12.7. The predicted octanol–water partition coefficient (Wildman–Crippen LogP) is 0.945. The van der Waals surface area contributed by atoms with Gasteiger partial charge < -0.3 is 19.5 Å². The Hall–Kier alpha value is -1.56. The number of carbonyl (C=O) groups is 1. The van der Waals surface area contributed by atoms with E-state index in [2.05, 4.69) is 5.16 Å². The van der Waals surface area contributed by atoms with Crippen molar-refractivity contribution in [1.29, 1.82) is 0 Å². The standard InChI is InChI=1S/C11H17NO5/c1-7(2)9(11(14)15)5-8-6-10(12-17-8)16-4-3-13/h6-7,9,13H,3-5H2,1-2H3,(H,14,15). The molecular weight excluding hydrogens is 226 g/mol. The molecule has 0 aliphatic carbocycles. The number of rotatable bonds is 7. The van der Waals surface area contributed by atoms with Crippen molar-refractivity contribution in [3.63, 3.8) is 0 Å². The fourth-order valence-electron chi connectivity index (χ4n) is 1.43. The van der Waals surface area contributed by atoms with Crippen LogP contribution in [0.2, 0.25) is 0 Å². The van der Waals surface area contributed by atoms with Gasteiger partial charge in [0.25, 0.3) is 5.88 Å². The number of aromatic nitrogens is 1. The van der Waals surface area contributed by atoms with Crippen LogP contribution in [0.25, 0.3) is 0 Å². The Morgan fingerprint density at radius 2 is 2.29 bits per heavy atom. The molecule has 96 valence electrons. The minimum Gasteiger partial charge on any atom is -0.481 e. The topological polar surface area (TPSA) is 92.8 Å². The summed E-state index contributed by atoms with van der Waals surface area (Å²) in [5.74, 6) is -0.608. The van der Waals surface area contributed by atoms with E-state index in [1.54, 1.807) is 6.07 Å². The second-order valence-electron chi connectivity index (χ2n) is 4.10. The summed E-state index contributed by atoms with van der Waals surface area (Å²) in [6, 6.07) is 1.55. The molecule has 0 spiro atoms. The van der Waals surface area contributed by atoms with Crippen molar-refractivity contribution >= 4 is 5.97 Å². The Balaban J connectivity index is 2.61. The third-order valence-electron chi connectivity index (χ3n) is 2.42. The maximum Gasteiger partial charge on any atom is 0.307 e. The van der Waals surface area contributed by atoms with Gasteiger partial charge in [-0.1, -0.05) is 13.8 Å². The molecule has 1 aromatic rings. The third kappa shape index (κ3) is 4.07. The van der Waals surface area contributed by atoms with E-state index in [-0.39, 0.29) is 31.4 Å². The van der Waals surface area contributed by atoms with Crippen LogP contribution in [0.15, 0.2) is 10.6 Å². The zero-order chi connectivity index (χ0) is 12.8. The molecule has 0 amide bonds. The Labute approximate surface area is 99.2 Å². The van der Waals surface area contributed by atoms with Gasteiger partial charge in [-0.25, -0.2) is 0 Å². The largest absolute Gasteiger partial charge is 0.481 e. The molecule has 0 fully saturated rings. The summed E-state index contributed by atoms with van der Waals surface area (Å²) < 4.78 is 10.0. The monoisotopic (exact) mass is 243 g/mol.